The van der Waals surface area contributed by atoms with Gasteiger partial charge in [0.2, 0.25) is 10.0 Å². The van der Waals surface area contributed by atoms with E-state index in [1.165, 1.54) is 0 Å². The lowest BCUT2D eigenvalue weighted by molar-refractivity contribution is 0.421. The van der Waals surface area contributed by atoms with Crippen LogP contribution >= 0.6 is 0 Å². The molecule has 5 nitrogen and oxygen atoms in total. The highest BCUT2D eigenvalue weighted by molar-refractivity contribution is 7.89. The number of nitrogens with two attached hydrogens (primary N) is 1. The summed E-state index contributed by atoms with van der Waals surface area (Å²) in [6.07, 6.45) is 8.70. The number of nitrogens with one attached hydrogen (secondary N) is 1. The maximum absolute atomic E-state index is 11.6. The number of rotatable bonds is 2. The van der Waals surface area contributed by atoms with Crippen LogP contribution in [0.4, 0.5) is 5.69 Å². The molecule has 0 unspecified atom stereocenters. The Morgan fingerprint density at radius 2 is 2.14 bits per heavy atom. The molecule has 3 N–H and O–H groups in total. The molecule has 1 aliphatic heterocycles. The van der Waals surface area contributed by atoms with Crippen molar-refractivity contribution in [3.63, 3.8) is 0 Å². The summed E-state index contributed by atoms with van der Waals surface area (Å²) in [5.41, 5.74) is 3.05. The predicted octanol–water partition coefficient (Wildman–Crippen LogP) is 2.75. The molecule has 0 saturated carbocycles. The first-order valence-electron chi connectivity index (χ1n) is 7.16. The summed E-state index contributed by atoms with van der Waals surface area (Å²) in [5, 5.41) is 8.77. The molecule has 1 aliphatic carbocycles. The van der Waals surface area contributed by atoms with E-state index in [0.29, 0.717) is 5.92 Å². The topological polar surface area (TPSA) is 85.3 Å². The quantitative estimate of drug-likeness (QED) is 0.834. The van der Waals surface area contributed by atoms with Crippen LogP contribution in [0, 0.1) is 5.92 Å². The Bertz CT molecular complexity index is 840. The minimum Gasteiger partial charge on any atom is -0.472 e. The third kappa shape index (κ3) is 2.07. The Balaban J connectivity index is 1.82. The van der Waals surface area contributed by atoms with Crippen molar-refractivity contribution in [2.75, 3.05) is 5.32 Å². The molecular formula is C16H16N2O3S. The summed E-state index contributed by atoms with van der Waals surface area (Å²) in [6, 6.07) is 7.16. The number of hydrogen-bond acceptors (Lipinski definition) is 4. The second kappa shape index (κ2) is 4.72. The van der Waals surface area contributed by atoms with Gasteiger partial charge in [0.25, 0.3) is 0 Å². The van der Waals surface area contributed by atoms with Crippen molar-refractivity contribution in [1.82, 2.24) is 0 Å². The van der Waals surface area contributed by atoms with Gasteiger partial charge in [0.15, 0.2) is 0 Å². The average molecular weight is 316 g/mol. The predicted molar refractivity (Wildman–Crippen MR) is 82.9 cm³/mol. The molecular weight excluding hydrogens is 300 g/mol. The number of allylic oxidation sites excluding steroid dienone is 2. The van der Waals surface area contributed by atoms with Crippen LogP contribution in [0.25, 0.3) is 0 Å². The summed E-state index contributed by atoms with van der Waals surface area (Å²) in [5.74, 6) is 0.540. The van der Waals surface area contributed by atoms with Crippen molar-refractivity contribution in [2.24, 2.45) is 11.1 Å². The third-order valence-corrected chi connectivity index (χ3v) is 5.48. The molecule has 2 heterocycles. The molecule has 0 amide bonds. The number of hydrogen-bond donors (Lipinski definition) is 2. The minimum atomic E-state index is -3.69. The zero-order valence-corrected chi connectivity index (χ0v) is 12.6. The van der Waals surface area contributed by atoms with E-state index in [9.17, 15) is 8.42 Å². The van der Waals surface area contributed by atoms with E-state index >= 15 is 0 Å². The maximum Gasteiger partial charge on any atom is 0.238 e. The van der Waals surface area contributed by atoms with Crippen molar-refractivity contribution in [2.45, 2.75) is 23.3 Å². The first-order chi connectivity index (χ1) is 10.5. The van der Waals surface area contributed by atoms with E-state index < -0.39 is 10.0 Å². The summed E-state index contributed by atoms with van der Waals surface area (Å²) in [7, 11) is -3.69. The Hall–Kier alpha value is -2.05. The number of furan rings is 1. The van der Waals surface area contributed by atoms with Crippen LogP contribution in [0.2, 0.25) is 0 Å². The zero-order chi connectivity index (χ0) is 15.3. The smallest absolute Gasteiger partial charge is 0.238 e. The SMILES string of the molecule is NS(=O)(=O)c1ccc2c(c1)[C@H]1C=CC[C@H]1[C@@H](c1ccoc1)N2. The summed E-state index contributed by atoms with van der Waals surface area (Å²) in [6.45, 7) is 0. The monoisotopic (exact) mass is 316 g/mol. The van der Waals surface area contributed by atoms with Crippen LogP contribution in [0.1, 0.15) is 29.5 Å². The van der Waals surface area contributed by atoms with Gasteiger partial charge in [-0.25, -0.2) is 13.6 Å². The lowest BCUT2D eigenvalue weighted by Crippen LogP contribution is -2.29. The van der Waals surface area contributed by atoms with Gasteiger partial charge in [-0.3, -0.25) is 0 Å². The molecule has 4 rings (SSSR count). The lowest BCUT2D eigenvalue weighted by Gasteiger charge is -2.37. The molecule has 1 aromatic carbocycles. The summed E-state index contributed by atoms with van der Waals surface area (Å²) < 4.78 is 28.4. The lowest BCUT2D eigenvalue weighted by atomic mass is 9.77. The van der Waals surface area contributed by atoms with Gasteiger partial charge >= 0.3 is 0 Å². The Morgan fingerprint density at radius 3 is 2.86 bits per heavy atom. The van der Waals surface area contributed by atoms with E-state index in [1.807, 2.05) is 6.07 Å². The fraction of sp³-hybridized carbons (Fsp3) is 0.250. The summed E-state index contributed by atoms with van der Waals surface area (Å²) in [4.78, 5) is 0.161. The fourth-order valence-corrected chi connectivity index (χ4v) is 4.08. The minimum absolute atomic E-state index is 0.159. The van der Waals surface area contributed by atoms with Crippen molar-refractivity contribution in [1.29, 1.82) is 0 Å². The van der Waals surface area contributed by atoms with E-state index in [0.717, 1.165) is 23.2 Å². The standard InChI is InChI=1S/C16H16N2O3S/c17-22(19,20)11-4-5-15-14(8-11)12-2-1-3-13(12)16(18-15)10-6-7-21-9-10/h1-2,4-9,12-13,16,18H,3H2,(H2,17,19,20)/t12-,13+,16+/m0/s1. The highest BCUT2D eigenvalue weighted by Gasteiger charge is 2.38. The first kappa shape index (κ1) is 13.6. The van der Waals surface area contributed by atoms with Gasteiger partial charge in [0.05, 0.1) is 23.5 Å². The second-order valence-electron chi connectivity index (χ2n) is 5.83. The highest BCUT2D eigenvalue weighted by Crippen LogP contribution is 2.50. The van der Waals surface area contributed by atoms with Gasteiger partial charge in [-0.15, -0.1) is 0 Å². The number of fused-ring (bicyclic) bond motifs is 3. The molecule has 2 aromatic rings. The van der Waals surface area contributed by atoms with Gasteiger partial charge in [-0.2, -0.15) is 0 Å². The van der Waals surface area contributed by atoms with Gasteiger partial charge in [-0.05, 0) is 42.2 Å². The van der Waals surface area contributed by atoms with Crippen LogP contribution in [-0.4, -0.2) is 8.42 Å². The first-order valence-corrected chi connectivity index (χ1v) is 8.71. The Kier molecular flexibility index (Phi) is 2.92. The van der Waals surface area contributed by atoms with E-state index in [2.05, 4.69) is 17.5 Å². The fourth-order valence-electron chi connectivity index (χ4n) is 3.53. The van der Waals surface area contributed by atoms with Gasteiger partial charge in [-0.1, -0.05) is 12.2 Å². The molecule has 114 valence electrons. The molecule has 22 heavy (non-hydrogen) atoms. The molecule has 6 heteroatoms. The van der Waals surface area contributed by atoms with Gasteiger partial charge in [0.1, 0.15) is 0 Å². The second-order valence-corrected chi connectivity index (χ2v) is 7.39. The molecule has 0 fully saturated rings. The molecule has 0 spiro atoms. The number of benzene rings is 1. The summed E-state index contributed by atoms with van der Waals surface area (Å²) >= 11 is 0. The third-order valence-electron chi connectivity index (χ3n) is 4.57. The molecule has 0 bridgehead atoms. The zero-order valence-electron chi connectivity index (χ0n) is 11.8. The van der Waals surface area contributed by atoms with Gasteiger partial charge < -0.3 is 9.73 Å². The van der Waals surface area contributed by atoms with Crippen molar-refractivity contribution in [3.05, 3.63) is 60.1 Å². The Morgan fingerprint density at radius 1 is 1.27 bits per heavy atom. The van der Waals surface area contributed by atoms with Crippen LogP contribution in [0.5, 0.6) is 0 Å². The van der Waals surface area contributed by atoms with E-state index in [1.54, 1.807) is 30.7 Å². The molecule has 3 atom stereocenters. The van der Waals surface area contributed by atoms with Crippen LogP contribution in [-0.2, 0) is 10.0 Å². The average Bonchev–Trinajstić information content (AvgIpc) is 3.16. The normalized spacial score (nSPS) is 26.3. The Labute approximate surface area is 128 Å². The number of sulfonamides is 1. The number of primary sulfonamides is 1. The molecule has 1 aromatic heterocycles. The van der Waals surface area contributed by atoms with Crippen LogP contribution in [0.3, 0.4) is 0 Å². The maximum atomic E-state index is 11.6. The highest BCUT2D eigenvalue weighted by atomic mass is 32.2. The largest absolute Gasteiger partial charge is 0.472 e. The molecule has 2 aliphatic rings. The van der Waals surface area contributed by atoms with Crippen molar-refractivity contribution >= 4 is 15.7 Å². The van der Waals surface area contributed by atoms with Crippen LogP contribution in [0.15, 0.2) is 58.3 Å². The molecule has 0 saturated heterocycles. The molecule has 0 radical (unpaired) electrons. The van der Waals surface area contributed by atoms with Crippen molar-refractivity contribution < 1.29 is 12.8 Å². The number of anilines is 1. The van der Waals surface area contributed by atoms with Gasteiger partial charge in [0, 0.05) is 17.2 Å². The van der Waals surface area contributed by atoms with Crippen LogP contribution < -0.4 is 10.5 Å². The van der Waals surface area contributed by atoms with Crippen molar-refractivity contribution in [3.8, 4) is 0 Å². The van der Waals surface area contributed by atoms with E-state index in [-0.39, 0.29) is 16.9 Å². The van der Waals surface area contributed by atoms with E-state index in [4.69, 9.17) is 9.56 Å².